The number of hydrogen-bond acceptors (Lipinski definition) is 5. The molecule has 1 saturated heterocycles. The van der Waals surface area contributed by atoms with Gasteiger partial charge in [0.15, 0.2) is 0 Å². The molecule has 0 radical (unpaired) electrons. The summed E-state index contributed by atoms with van der Waals surface area (Å²) in [5.41, 5.74) is 2.45. The molecule has 2 N–H and O–H groups in total. The molecule has 0 saturated carbocycles. The van der Waals surface area contributed by atoms with Crippen LogP contribution in [0.2, 0.25) is 0 Å². The van der Waals surface area contributed by atoms with Gasteiger partial charge in [-0.05, 0) is 49.8 Å². The van der Waals surface area contributed by atoms with E-state index in [1.165, 1.54) is 11.8 Å². The Balaban J connectivity index is 1.06. The number of hydrogen-bond donors (Lipinski definition) is 2. The summed E-state index contributed by atoms with van der Waals surface area (Å²) < 4.78 is 2.06. The summed E-state index contributed by atoms with van der Waals surface area (Å²) in [6.45, 7) is 2.22. The topological polar surface area (TPSA) is 95.4 Å². The first-order valence-corrected chi connectivity index (χ1v) is 11.4. The average Bonchev–Trinajstić information content (AvgIpc) is 3.48. The zero-order valence-electron chi connectivity index (χ0n) is 17.1. The molecule has 3 aromatic rings. The van der Waals surface area contributed by atoms with Gasteiger partial charge >= 0.3 is 0 Å². The Bertz CT molecular complexity index is 1130. The van der Waals surface area contributed by atoms with E-state index in [2.05, 4.69) is 24.9 Å². The number of H-pyrrole nitrogens is 1. The largest absolute Gasteiger partial charge is 0.352 e. The molecule has 2 amide bonds. The first kappa shape index (κ1) is 19.9. The van der Waals surface area contributed by atoms with E-state index in [0.717, 1.165) is 55.1 Å². The Kier molecular flexibility index (Phi) is 5.50. The lowest BCUT2D eigenvalue weighted by molar-refractivity contribution is -0.116. The zero-order chi connectivity index (χ0) is 21.2. The second-order valence-corrected chi connectivity index (χ2v) is 9.03. The van der Waals surface area contributed by atoms with Crippen LogP contribution in [-0.4, -0.2) is 55.9 Å². The third kappa shape index (κ3) is 4.10. The van der Waals surface area contributed by atoms with Crippen molar-refractivity contribution in [1.82, 2.24) is 29.8 Å². The Morgan fingerprint density at radius 2 is 2.10 bits per heavy atom. The number of pyridine rings is 1. The SMILES string of the molecule is O=C(NCCCC1CCN(C(=O)c2cn[nH]c2)CC1)C1=Cc2cnc3cccc(n23)S1. The first-order chi connectivity index (χ1) is 15.2. The van der Waals surface area contributed by atoms with Gasteiger partial charge in [0.05, 0.1) is 33.6 Å². The summed E-state index contributed by atoms with van der Waals surface area (Å²) in [7, 11) is 0. The lowest BCUT2D eigenvalue weighted by Crippen LogP contribution is -2.38. The Hall–Kier alpha value is -3.07. The van der Waals surface area contributed by atoms with Gasteiger partial charge in [-0.3, -0.25) is 19.1 Å². The fourth-order valence-electron chi connectivity index (χ4n) is 4.25. The van der Waals surface area contributed by atoms with Crippen LogP contribution in [0.25, 0.3) is 11.7 Å². The molecule has 31 heavy (non-hydrogen) atoms. The average molecular weight is 437 g/mol. The van der Waals surface area contributed by atoms with Crippen molar-refractivity contribution in [1.29, 1.82) is 0 Å². The summed E-state index contributed by atoms with van der Waals surface area (Å²) in [6, 6.07) is 5.93. The summed E-state index contributed by atoms with van der Waals surface area (Å²) in [4.78, 5) is 32.0. The Labute approximate surface area is 184 Å². The maximum absolute atomic E-state index is 12.6. The van der Waals surface area contributed by atoms with Gasteiger partial charge in [-0.1, -0.05) is 17.8 Å². The normalized spacial score (nSPS) is 16.4. The molecule has 5 rings (SSSR count). The van der Waals surface area contributed by atoms with E-state index >= 15 is 0 Å². The quantitative estimate of drug-likeness (QED) is 0.580. The number of rotatable bonds is 6. The Morgan fingerprint density at radius 1 is 1.23 bits per heavy atom. The van der Waals surface area contributed by atoms with E-state index in [0.29, 0.717) is 22.9 Å². The van der Waals surface area contributed by atoms with Gasteiger partial charge in [-0.2, -0.15) is 5.10 Å². The standard InChI is InChI=1S/C22H24N6O2S/c29-21(18-11-17-14-24-19-4-1-5-20(31-18)28(17)19)23-8-2-3-15-6-9-27(10-7-15)22(30)16-12-25-26-13-16/h1,4-5,11-15H,2-3,6-10H2,(H,23,29)(H,25,26). The van der Waals surface area contributed by atoms with Crippen molar-refractivity contribution >= 4 is 35.3 Å². The van der Waals surface area contributed by atoms with E-state index in [1.807, 2.05) is 29.2 Å². The number of carbonyl (C=O) groups excluding carboxylic acids is 2. The number of nitrogens with one attached hydrogen (secondary N) is 2. The van der Waals surface area contributed by atoms with E-state index in [-0.39, 0.29) is 11.8 Å². The van der Waals surface area contributed by atoms with Gasteiger partial charge in [-0.25, -0.2) is 4.98 Å². The number of imidazole rings is 1. The van der Waals surface area contributed by atoms with Gasteiger partial charge in [0.2, 0.25) is 0 Å². The van der Waals surface area contributed by atoms with Crippen LogP contribution in [-0.2, 0) is 4.79 Å². The number of likely N-dealkylation sites (tertiary alicyclic amines) is 1. The lowest BCUT2D eigenvalue weighted by Gasteiger charge is -2.31. The number of aromatic amines is 1. The van der Waals surface area contributed by atoms with Crippen LogP contribution in [0.5, 0.6) is 0 Å². The summed E-state index contributed by atoms with van der Waals surface area (Å²) in [5.74, 6) is 0.616. The Morgan fingerprint density at radius 3 is 2.90 bits per heavy atom. The predicted octanol–water partition coefficient (Wildman–Crippen LogP) is 2.95. The van der Waals surface area contributed by atoms with Gasteiger partial charge in [0, 0.05) is 25.8 Å². The number of nitrogens with zero attached hydrogens (tertiary/aromatic N) is 4. The monoisotopic (exact) mass is 436 g/mol. The smallest absolute Gasteiger partial charge is 0.258 e. The van der Waals surface area contributed by atoms with Gasteiger partial charge in [0.1, 0.15) is 5.65 Å². The number of aromatic nitrogens is 4. The molecule has 8 nitrogen and oxygen atoms in total. The van der Waals surface area contributed by atoms with Crippen LogP contribution >= 0.6 is 11.8 Å². The molecule has 5 heterocycles. The third-order valence-corrected chi connectivity index (χ3v) is 7.01. The summed E-state index contributed by atoms with van der Waals surface area (Å²) in [5, 5.41) is 10.6. The molecule has 2 aliphatic rings. The predicted molar refractivity (Wildman–Crippen MR) is 118 cm³/mol. The van der Waals surface area contributed by atoms with E-state index < -0.39 is 0 Å². The van der Waals surface area contributed by atoms with Gasteiger partial charge in [-0.15, -0.1) is 0 Å². The number of carbonyl (C=O) groups is 2. The molecule has 0 aliphatic carbocycles. The zero-order valence-corrected chi connectivity index (χ0v) is 17.9. The molecule has 9 heteroatoms. The van der Waals surface area contributed by atoms with Crippen molar-refractivity contribution in [3.8, 4) is 0 Å². The third-order valence-electron chi connectivity index (χ3n) is 5.96. The number of amides is 2. The minimum atomic E-state index is -0.0324. The highest BCUT2D eigenvalue weighted by Gasteiger charge is 2.24. The summed E-state index contributed by atoms with van der Waals surface area (Å²) in [6.07, 6.45) is 10.9. The number of piperidine rings is 1. The lowest BCUT2D eigenvalue weighted by atomic mass is 9.92. The second kappa shape index (κ2) is 8.58. The van der Waals surface area contributed by atoms with Crippen molar-refractivity contribution in [2.45, 2.75) is 30.7 Å². The highest BCUT2D eigenvalue weighted by Crippen LogP contribution is 2.34. The van der Waals surface area contributed by atoms with Crippen LogP contribution in [0.3, 0.4) is 0 Å². The molecule has 3 aromatic heterocycles. The van der Waals surface area contributed by atoms with Gasteiger partial charge in [0.25, 0.3) is 11.8 Å². The number of thioether (sulfide) groups is 1. The van der Waals surface area contributed by atoms with Crippen molar-refractivity contribution in [2.24, 2.45) is 5.92 Å². The van der Waals surface area contributed by atoms with E-state index in [1.54, 1.807) is 18.6 Å². The molecule has 0 aromatic carbocycles. The molecule has 0 atom stereocenters. The van der Waals surface area contributed by atoms with Crippen LogP contribution < -0.4 is 5.32 Å². The van der Waals surface area contributed by atoms with Gasteiger partial charge < -0.3 is 10.2 Å². The van der Waals surface area contributed by atoms with Crippen molar-refractivity contribution in [3.63, 3.8) is 0 Å². The van der Waals surface area contributed by atoms with Crippen LogP contribution in [0.1, 0.15) is 41.7 Å². The van der Waals surface area contributed by atoms with E-state index in [4.69, 9.17) is 0 Å². The molecular formula is C22H24N6O2S. The molecular weight excluding hydrogens is 412 g/mol. The molecule has 160 valence electrons. The fourth-order valence-corrected chi connectivity index (χ4v) is 5.26. The van der Waals surface area contributed by atoms with E-state index in [9.17, 15) is 9.59 Å². The highest BCUT2D eigenvalue weighted by atomic mass is 32.2. The van der Waals surface area contributed by atoms with Crippen molar-refractivity contribution in [2.75, 3.05) is 19.6 Å². The maximum Gasteiger partial charge on any atom is 0.258 e. The molecule has 0 unspecified atom stereocenters. The molecule has 1 fully saturated rings. The van der Waals surface area contributed by atoms with Crippen molar-refractivity contribution < 1.29 is 9.59 Å². The first-order valence-electron chi connectivity index (χ1n) is 10.6. The highest BCUT2D eigenvalue weighted by molar-refractivity contribution is 8.04. The van der Waals surface area contributed by atoms with Crippen molar-refractivity contribution in [3.05, 3.63) is 53.0 Å². The van der Waals surface area contributed by atoms with Crippen LogP contribution in [0.15, 0.2) is 46.7 Å². The van der Waals surface area contributed by atoms with Crippen LogP contribution in [0.4, 0.5) is 0 Å². The molecule has 0 bridgehead atoms. The second-order valence-electron chi connectivity index (χ2n) is 7.97. The summed E-state index contributed by atoms with van der Waals surface area (Å²) >= 11 is 1.48. The van der Waals surface area contributed by atoms with Crippen LogP contribution in [0, 0.1) is 5.92 Å². The molecule has 0 spiro atoms. The maximum atomic E-state index is 12.6. The molecule has 2 aliphatic heterocycles. The fraction of sp³-hybridized carbons (Fsp3) is 0.364. The minimum absolute atomic E-state index is 0.0324. The minimum Gasteiger partial charge on any atom is -0.352 e.